The molecule has 0 fully saturated rings. The zero-order valence-corrected chi connectivity index (χ0v) is 14.4. The Balaban J connectivity index is 2.16. The summed E-state index contributed by atoms with van der Waals surface area (Å²) in [5.41, 5.74) is -0.870. The molecule has 8 heteroatoms. The molecule has 128 valence electrons. The average molecular weight is 376 g/mol. The minimum absolute atomic E-state index is 0.214. The van der Waals surface area contributed by atoms with Crippen LogP contribution in [0.15, 0.2) is 54.6 Å². The molecule has 0 bridgehead atoms. The van der Waals surface area contributed by atoms with Gasteiger partial charge in [0.25, 0.3) is 0 Å². The van der Waals surface area contributed by atoms with Crippen LogP contribution in [0.25, 0.3) is 0 Å². The van der Waals surface area contributed by atoms with E-state index in [0.29, 0.717) is 11.1 Å². The van der Waals surface area contributed by atoms with Gasteiger partial charge < -0.3 is 0 Å². The van der Waals surface area contributed by atoms with E-state index in [1.54, 1.807) is 36.4 Å². The van der Waals surface area contributed by atoms with Crippen LogP contribution in [-0.2, 0) is 0 Å². The molecular formula is C16H14F6Si2. The van der Waals surface area contributed by atoms with Crippen LogP contribution in [0.3, 0.4) is 0 Å². The van der Waals surface area contributed by atoms with Crippen molar-refractivity contribution >= 4 is 18.2 Å². The fraction of sp³-hybridized carbons (Fsp3) is 0.250. The van der Waals surface area contributed by atoms with Gasteiger partial charge in [-0.15, -0.1) is 0 Å². The van der Waals surface area contributed by atoms with Gasteiger partial charge in [0, 0.05) is 12.0 Å². The summed E-state index contributed by atoms with van der Waals surface area (Å²) in [5, 5.41) is 0. The van der Waals surface area contributed by atoms with E-state index in [9.17, 15) is 24.6 Å². The smallest absolute Gasteiger partial charge is 0.238 e. The first-order valence-corrected chi connectivity index (χ1v) is 11.0. The van der Waals surface area contributed by atoms with Crippen molar-refractivity contribution in [1.29, 1.82) is 0 Å². The zero-order chi connectivity index (χ0) is 17.5. The summed E-state index contributed by atoms with van der Waals surface area (Å²) in [6.07, 6.45) is 0. The first-order chi connectivity index (χ1) is 11.2. The van der Waals surface area contributed by atoms with Gasteiger partial charge in [0.2, 0.25) is 0 Å². The van der Waals surface area contributed by atoms with Gasteiger partial charge >= 0.3 is 18.2 Å². The van der Waals surface area contributed by atoms with Crippen LogP contribution in [0.2, 0.25) is 11.6 Å². The summed E-state index contributed by atoms with van der Waals surface area (Å²) >= 11 is 0. The topological polar surface area (TPSA) is 0 Å². The lowest BCUT2D eigenvalue weighted by Gasteiger charge is -2.26. The highest BCUT2D eigenvalue weighted by atomic mass is 28.5. The lowest BCUT2D eigenvalue weighted by Crippen LogP contribution is -2.32. The molecule has 0 heterocycles. The number of hydrogen-bond acceptors (Lipinski definition) is 0. The Morgan fingerprint density at radius 3 is 1.79 bits per heavy atom. The van der Waals surface area contributed by atoms with Gasteiger partial charge in [0.1, 0.15) is 0 Å². The molecule has 0 amide bonds. The number of rotatable bonds is 4. The molecule has 0 spiro atoms. The van der Waals surface area contributed by atoms with Crippen LogP contribution < -0.4 is 0 Å². The van der Waals surface area contributed by atoms with E-state index in [-0.39, 0.29) is 5.56 Å². The number of fused-ring (bicyclic) bond motifs is 1. The van der Waals surface area contributed by atoms with Gasteiger partial charge in [-0.3, -0.25) is 0 Å². The van der Waals surface area contributed by atoms with E-state index in [1.165, 1.54) is 18.2 Å². The Hall–Kier alpha value is -1.55. The maximum Gasteiger partial charge on any atom is 0.620 e. The minimum Gasteiger partial charge on any atom is -0.238 e. The van der Waals surface area contributed by atoms with E-state index in [0.717, 1.165) is 0 Å². The summed E-state index contributed by atoms with van der Waals surface area (Å²) in [6, 6.07) is 12.9. The number of halogens is 6. The molecule has 2 aromatic rings. The molecular weight excluding hydrogens is 362 g/mol. The van der Waals surface area contributed by atoms with Crippen LogP contribution >= 0.6 is 0 Å². The van der Waals surface area contributed by atoms with Gasteiger partial charge in [-0.25, -0.2) is 24.6 Å². The highest BCUT2D eigenvalue weighted by Gasteiger charge is 2.61. The van der Waals surface area contributed by atoms with Gasteiger partial charge in [0.15, 0.2) is 0 Å². The molecule has 3 atom stereocenters. The second-order valence-corrected chi connectivity index (χ2v) is 9.40. The molecule has 3 rings (SSSR count). The van der Waals surface area contributed by atoms with Crippen molar-refractivity contribution in [2.45, 2.75) is 23.4 Å². The molecule has 0 radical (unpaired) electrons. The van der Waals surface area contributed by atoms with Gasteiger partial charge in [-0.05, 0) is 22.6 Å². The molecule has 1 aliphatic rings. The lowest BCUT2D eigenvalue weighted by molar-refractivity contribution is 0.393. The molecule has 0 aromatic heterocycles. The average Bonchev–Trinajstić information content (AvgIpc) is 2.81. The van der Waals surface area contributed by atoms with Crippen molar-refractivity contribution in [1.82, 2.24) is 0 Å². The summed E-state index contributed by atoms with van der Waals surface area (Å²) in [6.45, 7) is 0. The van der Waals surface area contributed by atoms with Crippen molar-refractivity contribution in [2.24, 2.45) is 0 Å². The Morgan fingerprint density at radius 1 is 0.708 bits per heavy atom. The van der Waals surface area contributed by atoms with Crippen LogP contribution in [0.5, 0.6) is 0 Å². The van der Waals surface area contributed by atoms with Crippen molar-refractivity contribution in [3.05, 3.63) is 71.3 Å². The molecule has 2 aromatic carbocycles. The quantitative estimate of drug-likeness (QED) is 0.350. The van der Waals surface area contributed by atoms with Crippen LogP contribution in [0.1, 0.15) is 28.5 Å². The highest BCUT2D eigenvalue weighted by molar-refractivity contribution is 6.62. The van der Waals surface area contributed by atoms with Crippen molar-refractivity contribution < 1.29 is 24.6 Å². The first kappa shape index (κ1) is 17.3. The fourth-order valence-electron chi connectivity index (χ4n) is 3.70. The summed E-state index contributed by atoms with van der Waals surface area (Å²) in [4.78, 5) is 0. The van der Waals surface area contributed by atoms with E-state index < -0.39 is 41.6 Å². The Kier molecular flexibility index (Phi) is 4.37. The third-order valence-corrected chi connectivity index (χ3v) is 6.91. The largest absolute Gasteiger partial charge is 0.620 e. The number of hydrogen-bond donors (Lipinski definition) is 0. The fourth-order valence-corrected chi connectivity index (χ4v) is 6.41. The number of benzene rings is 2. The molecule has 0 nitrogen and oxygen atoms in total. The minimum atomic E-state index is -6.31. The highest BCUT2D eigenvalue weighted by Crippen LogP contribution is 2.60. The molecule has 24 heavy (non-hydrogen) atoms. The molecule has 0 N–H and O–H groups in total. The SMILES string of the molecule is F[Si](F)(F)C[C@@H]1c2ccccc2[C@H](c2ccccc2)[C@H]1[Si](F)(F)F. The summed E-state index contributed by atoms with van der Waals surface area (Å²) in [5.74, 6) is -2.53. The Bertz CT molecular complexity index is 710. The van der Waals surface area contributed by atoms with Gasteiger partial charge in [0.05, 0.1) is 5.54 Å². The van der Waals surface area contributed by atoms with Crippen LogP contribution in [0.4, 0.5) is 24.6 Å². The maximum atomic E-state index is 13.9. The van der Waals surface area contributed by atoms with E-state index in [4.69, 9.17) is 0 Å². The van der Waals surface area contributed by atoms with Gasteiger partial charge in [-0.1, -0.05) is 54.6 Å². The van der Waals surface area contributed by atoms with Crippen molar-refractivity contribution in [3.8, 4) is 0 Å². The monoisotopic (exact) mass is 376 g/mol. The summed E-state index contributed by atoms with van der Waals surface area (Å²) in [7, 11) is -12.4. The van der Waals surface area contributed by atoms with Crippen molar-refractivity contribution in [2.75, 3.05) is 0 Å². The predicted octanol–water partition coefficient (Wildman–Crippen LogP) is 5.98. The second-order valence-electron chi connectivity index (χ2n) is 6.01. The van der Waals surface area contributed by atoms with Crippen LogP contribution in [-0.4, -0.2) is 18.2 Å². The van der Waals surface area contributed by atoms with Crippen LogP contribution in [0, 0.1) is 0 Å². The maximum absolute atomic E-state index is 13.9. The first-order valence-electron chi connectivity index (χ1n) is 7.46. The van der Waals surface area contributed by atoms with Gasteiger partial charge in [-0.2, -0.15) is 0 Å². The predicted molar refractivity (Wildman–Crippen MR) is 84.2 cm³/mol. The molecule has 0 saturated heterocycles. The molecule has 0 unspecified atom stereocenters. The lowest BCUT2D eigenvalue weighted by atomic mass is 9.92. The van der Waals surface area contributed by atoms with E-state index in [2.05, 4.69) is 0 Å². The van der Waals surface area contributed by atoms with Crippen molar-refractivity contribution in [3.63, 3.8) is 0 Å². The standard InChI is InChI=1S/C16H14F6Si2/c17-23(18,19)10-14-12-8-4-5-9-13(12)15(16(14)24(20,21)22)11-6-2-1-3-7-11/h1-9,14-16H,10H2/t14-,15+,16+/m1/s1. The molecule has 1 aliphatic carbocycles. The zero-order valence-electron chi connectivity index (χ0n) is 12.4. The third-order valence-electron chi connectivity index (χ3n) is 4.51. The van der Waals surface area contributed by atoms with E-state index >= 15 is 0 Å². The Morgan fingerprint density at radius 2 is 1.25 bits per heavy atom. The molecule has 0 aliphatic heterocycles. The Labute approximate surface area is 138 Å². The van der Waals surface area contributed by atoms with E-state index in [1.807, 2.05) is 0 Å². The second kappa shape index (κ2) is 6.07. The summed E-state index contributed by atoms with van der Waals surface area (Å²) < 4.78 is 80.9. The normalized spacial score (nSPS) is 24.0. The molecule has 0 saturated carbocycles. The third kappa shape index (κ3) is 3.30.